The monoisotopic (exact) mass is 380 g/mol. The normalized spacial score (nSPS) is 15.9. The fraction of sp³-hybridized carbons (Fsp3) is 0.364. The van der Waals surface area contributed by atoms with E-state index in [0.717, 1.165) is 17.7 Å². The van der Waals surface area contributed by atoms with E-state index in [1.165, 1.54) is 5.56 Å². The number of nitrogens with zero attached hydrogens (tertiary/aromatic N) is 2. The summed E-state index contributed by atoms with van der Waals surface area (Å²) >= 11 is 0. The van der Waals surface area contributed by atoms with Gasteiger partial charge < -0.3 is 20.7 Å². The molecule has 2 aromatic carbocycles. The molecule has 0 aliphatic carbocycles. The van der Waals surface area contributed by atoms with Crippen molar-refractivity contribution in [3.8, 4) is 0 Å². The minimum absolute atomic E-state index is 0.0679. The number of hydrogen-bond donors (Lipinski definition) is 2. The first-order valence-corrected chi connectivity index (χ1v) is 9.74. The van der Waals surface area contributed by atoms with E-state index < -0.39 is 0 Å². The van der Waals surface area contributed by atoms with Crippen molar-refractivity contribution >= 4 is 17.6 Å². The molecule has 0 bridgehead atoms. The van der Waals surface area contributed by atoms with Gasteiger partial charge in [0.2, 0.25) is 5.91 Å². The molecule has 2 aromatic rings. The molecular formula is C22H28N4O2. The minimum atomic E-state index is -0.359. The molecule has 1 heterocycles. The quantitative estimate of drug-likeness (QED) is 0.596. The summed E-state index contributed by atoms with van der Waals surface area (Å²) in [5.74, 6) is 0.0143. The fourth-order valence-corrected chi connectivity index (χ4v) is 3.22. The van der Waals surface area contributed by atoms with Crippen molar-refractivity contribution in [3.05, 3.63) is 65.7 Å². The van der Waals surface area contributed by atoms with Gasteiger partial charge in [0.25, 0.3) is 0 Å². The predicted octanol–water partition coefficient (Wildman–Crippen LogP) is 2.62. The number of carbonyl (C=O) groups excluding carboxylic acids is 1. The summed E-state index contributed by atoms with van der Waals surface area (Å²) in [6, 6.07) is 17.8. The Morgan fingerprint density at radius 3 is 2.46 bits per heavy atom. The van der Waals surface area contributed by atoms with E-state index in [4.69, 9.17) is 10.5 Å². The Balaban J connectivity index is 1.70. The number of ether oxygens (including phenoxy) is 1. The lowest BCUT2D eigenvalue weighted by Gasteiger charge is -2.30. The number of benzene rings is 2. The molecule has 0 spiro atoms. The third-order valence-electron chi connectivity index (χ3n) is 4.90. The maximum atomic E-state index is 13.1. The maximum Gasteiger partial charge on any atom is 0.232 e. The van der Waals surface area contributed by atoms with Crippen LogP contribution in [0.2, 0.25) is 0 Å². The highest BCUT2D eigenvalue weighted by atomic mass is 16.5. The third-order valence-corrected chi connectivity index (χ3v) is 4.90. The Morgan fingerprint density at radius 1 is 1.14 bits per heavy atom. The van der Waals surface area contributed by atoms with Crippen LogP contribution in [0, 0.1) is 0 Å². The summed E-state index contributed by atoms with van der Waals surface area (Å²) in [4.78, 5) is 19.4. The first-order valence-electron chi connectivity index (χ1n) is 9.74. The number of nitrogens with two attached hydrogens (primary N) is 1. The van der Waals surface area contributed by atoms with Crippen molar-refractivity contribution in [1.82, 2.24) is 4.90 Å². The summed E-state index contributed by atoms with van der Waals surface area (Å²) in [5, 5.41) is 3.10. The Morgan fingerprint density at radius 2 is 1.82 bits per heavy atom. The van der Waals surface area contributed by atoms with Gasteiger partial charge >= 0.3 is 0 Å². The smallest absolute Gasteiger partial charge is 0.232 e. The summed E-state index contributed by atoms with van der Waals surface area (Å²) in [7, 11) is 0. The van der Waals surface area contributed by atoms with Gasteiger partial charge in [0, 0.05) is 18.8 Å². The molecule has 1 aliphatic rings. The van der Waals surface area contributed by atoms with Gasteiger partial charge in [0.1, 0.15) is 0 Å². The number of rotatable bonds is 6. The van der Waals surface area contributed by atoms with Crippen molar-refractivity contribution in [2.45, 2.75) is 19.3 Å². The fourth-order valence-electron chi connectivity index (χ4n) is 3.22. The van der Waals surface area contributed by atoms with Gasteiger partial charge in [-0.3, -0.25) is 9.79 Å². The average molecular weight is 380 g/mol. The van der Waals surface area contributed by atoms with Gasteiger partial charge in [0.15, 0.2) is 5.96 Å². The molecule has 0 aromatic heterocycles. The molecule has 1 atom stereocenters. The van der Waals surface area contributed by atoms with E-state index in [1.54, 1.807) is 0 Å². The molecule has 1 saturated heterocycles. The van der Waals surface area contributed by atoms with Crippen LogP contribution in [0.5, 0.6) is 0 Å². The number of amides is 1. The van der Waals surface area contributed by atoms with Gasteiger partial charge in [-0.1, -0.05) is 49.4 Å². The van der Waals surface area contributed by atoms with E-state index in [0.29, 0.717) is 38.8 Å². The molecule has 0 saturated carbocycles. The second-order valence-electron chi connectivity index (χ2n) is 6.80. The number of nitrogens with one attached hydrogen (secondary N) is 1. The summed E-state index contributed by atoms with van der Waals surface area (Å²) in [6.07, 6.45) is 0.992. The van der Waals surface area contributed by atoms with Gasteiger partial charge in [-0.2, -0.15) is 0 Å². The van der Waals surface area contributed by atoms with Crippen LogP contribution >= 0.6 is 0 Å². The van der Waals surface area contributed by atoms with E-state index in [-0.39, 0.29) is 11.8 Å². The van der Waals surface area contributed by atoms with Gasteiger partial charge in [-0.15, -0.1) is 0 Å². The lowest BCUT2D eigenvalue weighted by molar-refractivity contribution is -0.136. The maximum absolute atomic E-state index is 13.1. The Bertz CT molecular complexity index is 784. The summed E-state index contributed by atoms with van der Waals surface area (Å²) in [5.41, 5.74) is 9.17. The number of aliphatic imine (C=N–C) groups is 1. The molecule has 148 valence electrons. The highest BCUT2D eigenvalue weighted by Gasteiger charge is 2.27. The number of hydrogen-bond acceptors (Lipinski definition) is 3. The van der Waals surface area contributed by atoms with Crippen LogP contribution < -0.4 is 11.1 Å². The SMILES string of the molecule is CCc1ccc(NC(N)=NCC(C(=O)N2CCOCC2)c2ccccc2)cc1. The molecule has 1 amide bonds. The van der Waals surface area contributed by atoms with Gasteiger partial charge in [0.05, 0.1) is 25.7 Å². The summed E-state index contributed by atoms with van der Waals surface area (Å²) < 4.78 is 5.36. The van der Waals surface area contributed by atoms with Crippen LogP contribution in [0.4, 0.5) is 5.69 Å². The van der Waals surface area contributed by atoms with Crippen molar-refractivity contribution in [3.63, 3.8) is 0 Å². The van der Waals surface area contributed by atoms with Crippen LogP contribution in [-0.4, -0.2) is 49.6 Å². The Hall–Kier alpha value is -2.86. The van der Waals surface area contributed by atoms with Crippen LogP contribution in [0.1, 0.15) is 24.0 Å². The van der Waals surface area contributed by atoms with E-state index in [1.807, 2.05) is 47.4 Å². The molecule has 1 aliphatic heterocycles. The van der Waals surface area contributed by atoms with E-state index in [9.17, 15) is 4.79 Å². The topological polar surface area (TPSA) is 79.9 Å². The molecule has 3 rings (SSSR count). The van der Waals surface area contributed by atoms with Crippen LogP contribution in [0.3, 0.4) is 0 Å². The van der Waals surface area contributed by atoms with E-state index >= 15 is 0 Å². The van der Waals surface area contributed by atoms with Gasteiger partial charge in [-0.25, -0.2) is 0 Å². The van der Waals surface area contributed by atoms with Crippen LogP contribution in [0.15, 0.2) is 59.6 Å². The predicted molar refractivity (Wildman–Crippen MR) is 113 cm³/mol. The molecule has 6 nitrogen and oxygen atoms in total. The number of carbonyl (C=O) groups is 1. The molecule has 6 heteroatoms. The van der Waals surface area contributed by atoms with Crippen molar-refractivity contribution < 1.29 is 9.53 Å². The lowest BCUT2D eigenvalue weighted by Crippen LogP contribution is -2.43. The highest BCUT2D eigenvalue weighted by Crippen LogP contribution is 2.20. The first-order chi connectivity index (χ1) is 13.7. The highest BCUT2D eigenvalue weighted by molar-refractivity contribution is 5.92. The number of anilines is 1. The molecule has 0 radical (unpaired) electrons. The molecule has 1 fully saturated rings. The third kappa shape index (κ3) is 5.33. The Labute approximate surface area is 166 Å². The second-order valence-corrected chi connectivity index (χ2v) is 6.80. The molecular weight excluding hydrogens is 352 g/mol. The Kier molecular flexibility index (Phi) is 7.03. The first kappa shape index (κ1) is 19.9. The number of aryl methyl sites for hydroxylation is 1. The number of guanidine groups is 1. The average Bonchev–Trinajstić information content (AvgIpc) is 2.75. The van der Waals surface area contributed by atoms with E-state index in [2.05, 4.69) is 29.4 Å². The molecule has 3 N–H and O–H groups in total. The second kappa shape index (κ2) is 9.90. The zero-order valence-corrected chi connectivity index (χ0v) is 16.3. The zero-order valence-electron chi connectivity index (χ0n) is 16.3. The molecule has 1 unspecified atom stereocenters. The lowest BCUT2D eigenvalue weighted by atomic mass is 9.97. The minimum Gasteiger partial charge on any atom is -0.378 e. The van der Waals surface area contributed by atoms with Crippen LogP contribution in [-0.2, 0) is 16.0 Å². The largest absolute Gasteiger partial charge is 0.378 e. The number of morpholine rings is 1. The zero-order chi connectivity index (χ0) is 19.8. The van der Waals surface area contributed by atoms with Gasteiger partial charge in [-0.05, 0) is 29.7 Å². The van der Waals surface area contributed by atoms with Crippen molar-refractivity contribution in [2.24, 2.45) is 10.7 Å². The summed E-state index contributed by atoms with van der Waals surface area (Å²) in [6.45, 7) is 4.80. The van der Waals surface area contributed by atoms with Crippen molar-refractivity contribution in [1.29, 1.82) is 0 Å². The van der Waals surface area contributed by atoms with Crippen LogP contribution in [0.25, 0.3) is 0 Å². The van der Waals surface area contributed by atoms with Crippen molar-refractivity contribution in [2.75, 3.05) is 38.2 Å². The standard InChI is InChI=1S/C22H28N4O2/c1-2-17-8-10-19(11-9-17)25-22(23)24-16-20(18-6-4-3-5-7-18)21(27)26-12-14-28-15-13-26/h3-11,20H,2,12-16H2,1H3,(H3,23,24,25). The molecule has 28 heavy (non-hydrogen) atoms.